The molecule has 4 rings (SSSR count). The van der Waals surface area contributed by atoms with Crippen molar-refractivity contribution in [1.82, 2.24) is 19.9 Å². The van der Waals surface area contributed by atoms with Gasteiger partial charge in [-0.15, -0.1) is 0 Å². The molecule has 0 bridgehead atoms. The fourth-order valence-electron chi connectivity index (χ4n) is 3.59. The molecule has 2 aromatic heterocycles. The number of piperidine rings is 1. The van der Waals surface area contributed by atoms with Gasteiger partial charge in [0.1, 0.15) is 11.6 Å². The molecule has 1 amide bonds. The number of benzene rings is 1. The molecule has 3 aromatic rings. The van der Waals surface area contributed by atoms with Crippen molar-refractivity contribution in [3.8, 4) is 5.75 Å². The van der Waals surface area contributed by atoms with Crippen LogP contribution in [0.3, 0.4) is 0 Å². The lowest BCUT2D eigenvalue weighted by Crippen LogP contribution is -2.40. The lowest BCUT2D eigenvalue weighted by atomic mass is 9.94. The predicted molar refractivity (Wildman–Crippen MR) is 97.2 cm³/mol. The summed E-state index contributed by atoms with van der Waals surface area (Å²) >= 11 is 0. The van der Waals surface area contributed by atoms with E-state index in [2.05, 4.69) is 15.0 Å². The third-order valence-corrected chi connectivity index (χ3v) is 4.86. The molecule has 134 valence electrons. The molecule has 0 saturated carbocycles. The molecule has 0 spiro atoms. The van der Waals surface area contributed by atoms with Crippen LogP contribution >= 0.6 is 0 Å². The van der Waals surface area contributed by atoms with Gasteiger partial charge in [-0.05, 0) is 30.9 Å². The van der Waals surface area contributed by atoms with E-state index >= 15 is 0 Å². The number of hydrogen-bond donors (Lipinski definition) is 3. The van der Waals surface area contributed by atoms with Gasteiger partial charge in [0.15, 0.2) is 0 Å². The molecular weight excluding hydrogens is 332 g/mol. The summed E-state index contributed by atoms with van der Waals surface area (Å²) in [4.78, 5) is 36.1. The summed E-state index contributed by atoms with van der Waals surface area (Å²) < 4.78 is 0. The molecule has 3 heterocycles. The zero-order chi connectivity index (χ0) is 18.1. The van der Waals surface area contributed by atoms with Crippen molar-refractivity contribution in [2.24, 2.45) is 5.92 Å². The smallest absolute Gasteiger partial charge is 0.259 e. The molecule has 1 aromatic carbocycles. The summed E-state index contributed by atoms with van der Waals surface area (Å²) in [5.74, 6) is 0.696. The first kappa shape index (κ1) is 16.4. The highest BCUT2D eigenvalue weighted by molar-refractivity contribution is 5.96. The van der Waals surface area contributed by atoms with Gasteiger partial charge in [-0.1, -0.05) is 12.1 Å². The number of hydrogen-bond acceptors (Lipinski definition) is 4. The van der Waals surface area contributed by atoms with E-state index in [4.69, 9.17) is 0 Å². The van der Waals surface area contributed by atoms with E-state index in [1.165, 1.54) is 6.20 Å². The summed E-state index contributed by atoms with van der Waals surface area (Å²) in [7, 11) is 0. The maximum absolute atomic E-state index is 12.7. The van der Waals surface area contributed by atoms with E-state index in [-0.39, 0.29) is 17.2 Å². The summed E-state index contributed by atoms with van der Waals surface area (Å²) in [6.45, 7) is 1.25. The lowest BCUT2D eigenvalue weighted by molar-refractivity contribution is 0.0668. The Morgan fingerprint density at radius 3 is 3.00 bits per heavy atom. The number of H-pyrrole nitrogens is 2. The molecule has 1 atom stereocenters. The Kier molecular flexibility index (Phi) is 4.20. The molecule has 1 aliphatic rings. The number of nitrogens with zero attached hydrogens (tertiary/aromatic N) is 2. The number of carbonyl (C=O) groups is 1. The minimum absolute atomic E-state index is 0.133. The molecule has 0 aliphatic carbocycles. The van der Waals surface area contributed by atoms with E-state index in [9.17, 15) is 14.7 Å². The van der Waals surface area contributed by atoms with Gasteiger partial charge in [-0.3, -0.25) is 9.59 Å². The molecular formula is C19H20N4O3. The van der Waals surface area contributed by atoms with Gasteiger partial charge in [0.2, 0.25) is 0 Å². The number of carbonyl (C=O) groups excluding carboxylic acids is 1. The standard InChI is InChI=1S/C19H20N4O3/c24-16-9-18(25)20-10-13(16)19(26)23-7-3-4-12(11-23)8-17-21-14-5-1-2-6-15(14)22-17/h1-2,5-6,9-10,12H,3-4,7-8,11H2,(H,21,22)(H2,20,24,25)/t12-/m0/s1. The van der Waals surface area contributed by atoms with Crippen LogP contribution in [-0.2, 0) is 6.42 Å². The van der Waals surface area contributed by atoms with Crippen LogP contribution in [0.15, 0.2) is 41.3 Å². The van der Waals surface area contributed by atoms with Gasteiger partial charge >= 0.3 is 0 Å². The van der Waals surface area contributed by atoms with Gasteiger partial charge in [0, 0.05) is 31.8 Å². The zero-order valence-corrected chi connectivity index (χ0v) is 14.2. The van der Waals surface area contributed by atoms with Crippen molar-refractivity contribution in [1.29, 1.82) is 0 Å². The van der Waals surface area contributed by atoms with Gasteiger partial charge in [0.05, 0.1) is 16.6 Å². The van der Waals surface area contributed by atoms with Crippen LogP contribution < -0.4 is 5.56 Å². The largest absolute Gasteiger partial charge is 0.507 e. The van der Waals surface area contributed by atoms with E-state index in [0.29, 0.717) is 19.0 Å². The number of amides is 1. The Balaban J connectivity index is 1.48. The first-order valence-electron chi connectivity index (χ1n) is 8.75. The molecule has 0 unspecified atom stereocenters. The normalized spacial score (nSPS) is 17.5. The highest BCUT2D eigenvalue weighted by atomic mass is 16.3. The molecule has 0 radical (unpaired) electrons. The number of likely N-dealkylation sites (tertiary alicyclic amines) is 1. The number of rotatable bonds is 3. The first-order chi connectivity index (χ1) is 12.6. The number of aromatic amines is 2. The average molecular weight is 352 g/mol. The Bertz CT molecular complexity index is 974. The molecule has 1 aliphatic heterocycles. The average Bonchev–Trinajstić information content (AvgIpc) is 3.03. The van der Waals surface area contributed by atoms with E-state index in [1.54, 1.807) is 4.90 Å². The SMILES string of the molecule is O=C(c1c[nH]c(=O)cc1O)N1CCC[C@@H](Cc2nc3ccccc3[nH]2)C1. The third kappa shape index (κ3) is 3.20. The minimum Gasteiger partial charge on any atom is -0.507 e. The van der Waals surface area contributed by atoms with Crippen LogP contribution in [0.1, 0.15) is 29.0 Å². The maximum atomic E-state index is 12.7. The summed E-state index contributed by atoms with van der Waals surface area (Å²) in [5.41, 5.74) is 1.67. The fraction of sp³-hybridized carbons (Fsp3) is 0.316. The van der Waals surface area contributed by atoms with Crippen LogP contribution in [0.5, 0.6) is 5.75 Å². The second-order valence-electron chi connectivity index (χ2n) is 6.76. The fourth-order valence-corrected chi connectivity index (χ4v) is 3.59. The highest BCUT2D eigenvalue weighted by Crippen LogP contribution is 2.24. The minimum atomic E-state index is -0.430. The van der Waals surface area contributed by atoms with Crippen LogP contribution in [-0.4, -0.2) is 44.0 Å². The van der Waals surface area contributed by atoms with E-state index < -0.39 is 5.56 Å². The van der Waals surface area contributed by atoms with Gasteiger partial charge < -0.3 is 20.0 Å². The van der Waals surface area contributed by atoms with Crippen molar-refractivity contribution in [2.75, 3.05) is 13.1 Å². The molecule has 1 fully saturated rings. The second-order valence-corrected chi connectivity index (χ2v) is 6.76. The third-order valence-electron chi connectivity index (χ3n) is 4.86. The molecule has 7 heteroatoms. The zero-order valence-electron chi connectivity index (χ0n) is 14.2. The Hall–Kier alpha value is -3.09. The van der Waals surface area contributed by atoms with Crippen LogP contribution in [0.4, 0.5) is 0 Å². The van der Waals surface area contributed by atoms with E-state index in [0.717, 1.165) is 42.2 Å². The van der Waals surface area contributed by atoms with Crippen molar-refractivity contribution in [2.45, 2.75) is 19.3 Å². The number of fused-ring (bicyclic) bond motifs is 1. The van der Waals surface area contributed by atoms with E-state index in [1.807, 2.05) is 24.3 Å². The number of aromatic hydroxyl groups is 1. The number of para-hydroxylation sites is 2. The number of nitrogens with one attached hydrogen (secondary N) is 2. The first-order valence-corrected chi connectivity index (χ1v) is 8.75. The topological polar surface area (TPSA) is 102 Å². The predicted octanol–water partition coefficient (Wildman–Crippen LogP) is 2.05. The summed E-state index contributed by atoms with van der Waals surface area (Å²) in [6.07, 6.45) is 3.98. The highest BCUT2D eigenvalue weighted by Gasteiger charge is 2.27. The van der Waals surface area contributed by atoms with Crippen molar-refractivity contribution in [3.63, 3.8) is 0 Å². The lowest BCUT2D eigenvalue weighted by Gasteiger charge is -2.32. The number of aromatic nitrogens is 3. The summed E-state index contributed by atoms with van der Waals surface area (Å²) in [6, 6.07) is 8.95. The van der Waals surface area contributed by atoms with Crippen LogP contribution in [0.2, 0.25) is 0 Å². The van der Waals surface area contributed by atoms with Crippen LogP contribution in [0, 0.1) is 5.92 Å². The van der Waals surface area contributed by atoms with Crippen molar-refractivity contribution in [3.05, 3.63) is 58.3 Å². The Morgan fingerprint density at radius 2 is 2.19 bits per heavy atom. The Morgan fingerprint density at radius 1 is 1.35 bits per heavy atom. The van der Waals surface area contributed by atoms with Crippen LogP contribution in [0.25, 0.3) is 11.0 Å². The maximum Gasteiger partial charge on any atom is 0.259 e. The summed E-state index contributed by atoms with van der Waals surface area (Å²) in [5, 5.41) is 9.89. The van der Waals surface area contributed by atoms with Crippen molar-refractivity contribution < 1.29 is 9.90 Å². The molecule has 7 nitrogen and oxygen atoms in total. The Labute approximate surface area is 149 Å². The monoisotopic (exact) mass is 352 g/mol. The van der Waals surface area contributed by atoms with Gasteiger partial charge in [-0.25, -0.2) is 4.98 Å². The molecule has 3 N–H and O–H groups in total. The number of pyridine rings is 1. The number of imidazole rings is 1. The molecule has 26 heavy (non-hydrogen) atoms. The van der Waals surface area contributed by atoms with Crippen molar-refractivity contribution >= 4 is 16.9 Å². The second kappa shape index (κ2) is 6.67. The molecule has 1 saturated heterocycles. The van der Waals surface area contributed by atoms with Gasteiger partial charge in [-0.2, -0.15) is 0 Å². The quantitative estimate of drug-likeness (QED) is 0.671. The van der Waals surface area contributed by atoms with Gasteiger partial charge in [0.25, 0.3) is 11.5 Å².